The van der Waals surface area contributed by atoms with Gasteiger partial charge in [-0.25, -0.2) is 0 Å². The second-order valence-corrected chi connectivity index (χ2v) is 5.82. The third-order valence-corrected chi connectivity index (χ3v) is 4.57. The highest BCUT2D eigenvalue weighted by Crippen LogP contribution is 2.30. The Balaban J connectivity index is 1.89. The Labute approximate surface area is 119 Å². The molecule has 2 aromatic carbocycles. The van der Waals surface area contributed by atoms with Crippen LogP contribution >= 0.6 is 0 Å². The molecule has 1 fully saturated rings. The zero-order valence-corrected chi connectivity index (χ0v) is 12.0. The molecule has 1 aliphatic heterocycles. The molecule has 0 radical (unpaired) electrons. The van der Waals surface area contributed by atoms with E-state index in [0.717, 1.165) is 29.4 Å². The maximum Gasteiger partial charge on any atom is 0.120 e. The summed E-state index contributed by atoms with van der Waals surface area (Å²) in [6.45, 7) is 5.74. The molecule has 20 heavy (non-hydrogen) atoms. The van der Waals surface area contributed by atoms with Gasteiger partial charge in [-0.05, 0) is 37.1 Å². The molecular formula is C17H21NO2. The zero-order valence-electron chi connectivity index (χ0n) is 12.0. The van der Waals surface area contributed by atoms with Gasteiger partial charge in [0.25, 0.3) is 0 Å². The van der Waals surface area contributed by atoms with Crippen molar-refractivity contribution < 1.29 is 9.84 Å². The highest BCUT2D eigenvalue weighted by Gasteiger charge is 2.36. The Bertz CT molecular complexity index is 625. The van der Waals surface area contributed by atoms with E-state index in [4.69, 9.17) is 4.74 Å². The molecule has 2 atom stereocenters. The summed E-state index contributed by atoms with van der Waals surface area (Å²) >= 11 is 0. The Morgan fingerprint density at radius 1 is 1.30 bits per heavy atom. The van der Waals surface area contributed by atoms with Crippen LogP contribution in [0.2, 0.25) is 0 Å². The summed E-state index contributed by atoms with van der Waals surface area (Å²) in [7, 11) is 0. The molecule has 2 N–H and O–H groups in total. The van der Waals surface area contributed by atoms with Crippen LogP contribution in [0.3, 0.4) is 0 Å². The van der Waals surface area contributed by atoms with Crippen molar-refractivity contribution in [3.63, 3.8) is 0 Å². The topological polar surface area (TPSA) is 41.5 Å². The molecule has 0 bridgehead atoms. The molecule has 0 saturated carbocycles. The van der Waals surface area contributed by atoms with Crippen LogP contribution in [0.1, 0.15) is 25.8 Å². The highest BCUT2D eigenvalue weighted by atomic mass is 16.5. The van der Waals surface area contributed by atoms with Gasteiger partial charge < -0.3 is 15.2 Å². The molecule has 106 valence electrons. The number of nitrogens with one attached hydrogen (secondary N) is 1. The summed E-state index contributed by atoms with van der Waals surface area (Å²) in [6, 6.07) is 11.9. The van der Waals surface area contributed by atoms with E-state index in [2.05, 4.69) is 31.3 Å². The third kappa shape index (κ3) is 2.28. The summed E-state index contributed by atoms with van der Waals surface area (Å²) in [5.41, 5.74) is 0.937. The van der Waals surface area contributed by atoms with E-state index in [9.17, 15) is 5.11 Å². The van der Waals surface area contributed by atoms with Crippen molar-refractivity contribution in [2.75, 3.05) is 6.61 Å². The van der Waals surface area contributed by atoms with E-state index in [1.807, 2.05) is 18.2 Å². The molecule has 3 nitrogen and oxygen atoms in total. The quantitative estimate of drug-likeness (QED) is 0.900. The fourth-order valence-corrected chi connectivity index (χ4v) is 2.87. The van der Waals surface area contributed by atoms with Crippen molar-refractivity contribution in [3.05, 3.63) is 42.0 Å². The smallest absolute Gasteiger partial charge is 0.120 e. The van der Waals surface area contributed by atoms with Crippen LogP contribution < -0.4 is 5.32 Å². The van der Waals surface area contributed by atoms with Crippen LogP contribution in [0.25, 0.3) is 10.8 Å². The summed E-state index contributed by atoms with van der Waals surface area (Å²) < 4.78 is 5.65. The number of hydrogen-bond donors (Lipinski definition) is 2. The lowest BCUT2D eigenvalue weighted by Crippen LogP contribution is -2.47. The Kier molecular flexibility index (Phi) is 3.40. The fourth-order valence-electron chi connectivity index (χ4n) is 2.87. The van der Waals surface area contributed by atoms with E-state index in [-0.39, 0.29) is 11.6 Å². The van der Waals surface area contributed by atoms with Crippen molar-refractivity contribution >= 4 is 10.8 Å². The predicted octanol–water partition coefficient (Wildman–Crippen LogP) is 3.20. The Morgan fingerprint density at radius 3 is 2.85 bits per heavy atom. The molecule has 2 unspecified atom stereocenters. The van der Waals surface area contributed by atoms with Crippen molar-refractivity contribution in [3.8, 4) is 5.75 Å². The minimum atomic E-state index is -0.0244. The third-order valence-electron chi connectivity index (χ3n) is 4.57. The Hall–Kier alpha value is -1.58. The molecule has 1 aliphatic rings. The van der Waals surface area contributed by atoms with Crippen LogP contribution in [-0.4, -0.2) is 23.4 Å². The molecular weight excluding hydrogens is 250 g/mol. The lowest BCUT2D eigenvalue weighted by Gasteiger charge is -2.29. The van der Waals surface area contributed by atoms with E-state index < -0.39 is 0 Å². The first-order valence-corrected chi connectivity index (χ1v) is 7.16. The van der Waals surface area contributed by atoms with Gasteiger partial charge in [0.2, 0.25) is 0 Å². The van der Waals surface area contributed by atoms with Gasteiger partial charge in [0.1, 0.15) is 5.75 Å². The van der Waals surface area contributed by atoms with Gasteiger partial charge >= 0.3 is 0 Å². The molecule has 0 spiro atoms. The van der Waals surface area contributed by atoms with Crippen LogP contribution in [-0.2, 0) is 11.3 Å². The van der Waals surface area contributed by atoms with Gasteiger partial charge in [-0.1, -0.05) is 30.3 Å². The first-order chi connectivity index (χ1) is 9.60. The molecule has 0 aliphatic carbocycles. The van der Waals surface area contributed by atoms with E-state index >= 15 is 0 Å². The number of hydrogen-bond acceptors (Lipinski definition) is 3. The van der Waals surface area contributed by atoms with E-state index in [0.29, 0.717) is 12.3 Å². The highest BCUT2D eigenvalue weighted by molar-refractivity contribution is 5.87. The molecule has 0 amide bonds. The number of phenolic OH excluding ortho intramolecular Hbond substituents is 1. The van der Waals surface area contributed by atoms with Gasteiger partial charge in [0, 0.05) is 24.3 Å². The number of aromatic hydroxyl groups is 1. The van der Waals surface area contributed by atoms with Crippen molar-refractivity contribution in [2.45, 2.75) is 38.5 Å². The zero-order chi connectivity index (χ0) is 14.2. The van der Waals surface area contributed by atoms with Crippen LogP contribution in [0.15, 0.2) is 36.4 Å². The fraction of sp³-hybridized carbons (Fsp3) is 0.412. The monoisotopic (exact) mass is 271 g/mol. The molecule has 2 aromatic rings. The number of fused-ring (bicyclic) bond motifs is 1. The summed E-state index contributed by atoms with van der Waals surface area (Å²) in [5.74, 6) is 0.353. The molecule has 3 heteroatoms. The molecule has 1 saturated heterocycles. The van der Waals surface area contributed by atoms with Crippen LogP contribution in [0, 0.1) is 0 Å². The van der Waals surface area contributed by atoms with E-state index in [1.54, 1.807) is 6.07 Å². The lowest BCUT2D eigenvalue weighted by atomic mass is 9.93. The average Bonchev–Trinajstić information content (AvgIpc) is 2.78. The second kappa shape index (κ2) is 5.08. The standard InChI is InChI=1S/C17H21NO2/c1-12-17(2,9-10-20-12)18-11-15-14-6-4-3-5-13(14)7-8-16(15)19/h3-8,12,18-19H,9-11H2,1-2H3. The van der Waals surface area contributed by atoms with Crippen molar-refractivity contribution in [1.82, 2.24) is 5.32 Å². The Morgan fingerprint density at radius 2 is 2.10 bits per heavy atom. The van der Waals surface area contributed by atoms with Crippen molar-refractivity contribution in [1.29, 1.82) is 0 Å². The van der Waals surface area contributed by atoms with Gasteiger partial charge in [-0.2, -0.15) is 0 Å². The average molecular weight is 271 g/mol. The minimum Gasteiger partial charge on any atom is -0.508 e. The summed E-state index contributed by atoms with van der Waals surface area (Å²) in [4.78, 5) is 0. The number of ether oxygens (including phenoxy) is 1. The first-order valence-electron chi connectivity index (χ1n) is 7.16. The molecule has 1 heterocycles. The van der Waals surface area contributed by atoms with Gasteiger partial charge in [0.15, 0.2) is 0 Å². The number of phenols is 1. The summed E-state index contributed by atoms with van der Waals surface area (Å²) in [6.07, 6.45) is 1.19. The van der Waals surface area contributed by atoms with Gasteiger partial charge in [-0.3, -0.25) is 0 Å². The van der Waals surface area contributed by atoms with Crippen molar-refractivity contribution in [2.24, 2.45) is 0 Å². The predicted molar refractivity (Wildman–Crippen MR) is 80.9 cm³/mol. The maximum atomic E-state index is 10.2. The number of benzene rings is 2. The normalized spacial score (nSPS) is 26.2. The second-order valence-electron chi connectivity index (χ2n) is 5.82. The molecule has 0 aromatic heterocycles. The largest absolute Gasteiger partial charge is 0.508 e. The van der Waals surface area contributed by atoms with Crippen LogP contribution in [0.4, 0.5) is 0 Å². The first kappa shape index (κ1) is 13.4. The maximum absolute atomic E-state index is 10.2. The van der Waals surface area contributed by atoms with Gasteiger partial charge in [-0.15, -0.1) is 0 Å². The summed E-state index contributed by atoms with van der Waals surface area (Å²) in [5, 5.41) is 16.0. The van der Waals surface area contributed by atoms with E-state index in [1.165, 1.54) is 0 Å². The van der Waals surface area contributed by atoms with Crippen LogP contribution in [0.5, 0.6) is 5.75 Å². The lowest BCUT2D eigenvalue weighted by molar-refractivity contribution is 0.0881. The number of rotatable bonds is 3. The molecule has 3 rings (SSSR count). The SMILES string of the molecule is CC1OCCC1(C)NCc1c(O)ccc2ccccc12. The van der Waals surface area contributed by atoms with Gasteiger partial charge in [0.05, 0.1) is 6.10 Å². The minimum absolute atomic E-state index is 0.0244.